The van der Waals surface area contributed by atoms with E-state index in [0.29, 0.717) is 11.7 Å². The highest BCUT2D eigenvalue weighted by atomic mass is 32.2. The zero-order chi connectivity index (χ0) is 30.2. The van der Waals surface area contributed by atoms with Crippen LogP contribution in [0.4, 0.5) is 29.1 Å². The molecule has 2 fully saturated rings. The van der Waals surface area contributed by atoms with Crippen LogP contribution in [0.5, 0.6) is 0 Å². The van der Waals surface area contributed by atoms with Gasteiger partial charge in [0.25, 0.3) is 10.0 Å². The first kappa shape index (κ1) is 32.1. The van der Waals surface area contributed by atoms with E-state index < -0.39 is 34.0 Å². The fourth-order valence-electron chi connectivity index (χ4n) is 4.70. The molecular weight excluding hydrogens is 572 g/mol. The van der Waals surface area contributed by atoms with Crippen molar-refractivity contribution in [3.63, 3.8) is 0 Å². The molecule has 0 radical (unpaired) electrons. The van der Waals surface area contributed by atoms with Crippen molar-refractivity contribution in [2.45, 2.75) is 49.6 Å². The van der Waals surface area contributed by atoms with Crippen LogP contribution in [-0.2, 0) is 14.8 Å². The molecule has 226 valence electrons. The van der Waals surface area contributed by atoms with Gasteiger partial charge in [-0.2, -0.15) is 13.2 Å². The third kappa shape index (κ3) is 9.56. The summed E-state index contributed by atoms with van der Waals surface area (Å²) in [6.07, 6.45) is 3.16. The molecule has 0 atom stereocenters. The van der Waals surface area contributed by atoms with E-state index in [-0.39, 0.29) is 16.1 Å². The van der Waals surface area contributed by atoms with Crippen molar-refractivity contribution in [1.29, 1.82) is 0 Å². The lowest BCUT2D eigenvalue weighted by molar-refractivity contribution is -0.192. The zero-order valence-corrected chi connectivity index (χ0v) is 22.9. The van der Waals surface area contributed by atoms with Crippen LogP contribution in [0.1, 0.15) is 48.9 Å². The summed E-state index contributed by atoms with van der Waals surface area (Å²) in [6, 6.07) is 5.75. The molecule has 10 nitrogen and oxygen atoms in total. The van der Waals surface area contributed by atoms with Gasteiger partial charge in [0.1, 0.15) is 5.82 Å². The number of benzene rings is 1. The van der Waals surface area contributed by atoms with E-state index in [1.165, 1.54) is 56.7 Å². The maximum atomic E-state index is 13.2. The number of aromatic nitrogens is 1. The molecule has 0 saturated carbocycles. The first-order valence-electron chi connectivity index (χ1n) is 13.1. The smallest absolute Gasteiger partial charge is 0.478 e. The van der Waals surface area contributed by atoms with Crippen LogP contribution < -0.4 is 9.62 Å². The van der Waals surface area contributed by atoms with Gasteiger partial charge in [-0.25, -0.2) is 27.4 Å². The van der Waals surface area contributed by atoms with Crippen molar-refractivity contribution >= 4 is 33.5 Å². The van der Waals surface area contributed by atoms with E-state index in [1.54, 1.807) is 0 Å². The summed E-state index contributed by atoms with van der Waals surface area (Å²) in [7, 11) is -4.05. The maximum absolute atomic E-state index is 13.2. The highest BCUT2D eigenvalue weighted by molar-refractivity contribution is 7.92. The lowest BCUT2D eigenvalue weighted by atomic mass is 9.93. The third-order valence-corrected chi connectivity index (χ3v) is 8.32. The number of rotatable bonds is 8. The van der Waals surface area contributed by atoms with Crippen molar-refractivity contribution < 1.29 is 45.8 Å². The van der Waals surface area contributed by atoms with Gasteiger partial charge in [-0.3, -0.25) is 4.72 Å². The molecule has 0 aliphatic carbocycles. The average Bonchev–Trinajstić information content (AvgIpc) is 2.92. The topological polar surface area (TPSA) is 140 Å². The molecule has 3 N–H and O–H groups in total. The molecule has 0 bridgehead atoms. The summed E-state index contributed by atoms with van der Waals surface area (Å²) in [6.45, 7) is 4.94. The molecule has 1 aromatic carbocycles. The number of hydrogen-bond acceptors (Lipinski definition) is 7. The van der Waals surface area contributed by atoms with Crippen molar-refractivity contribution in [2.24, 2.45) is 5.92 Å². The Kier molecular flexibility index (Phi) is 10.9. The Morgan fingerprint density at radius 3 is 2.12 bits per heavy atom. The molecule has 3 heterocycles. The SMILES string of the molecule is O=C(O)C(F)(F)F.O=C(O)c1cnc(N2CCC(CCN3CCCCC3)CC2)c(NS(=O)(=O)c2ccc(F)cc2)c1. The van der Waals surface area contributed by atoms with Crippen LogP contribution >= 0.6 is 0 Å². The average molecular weight is 605 g/mol. The number of carbonyl (C=O) groups is 2. The van der Waals surface area contributed by atoms with Gasteiger partial charge in [-0.15, -0.1) is 0 Å². The van der Waals surface area contributed by atoms with Crippen LogP contribution in [0.2, 0.25) is 0 Å². The number of anilines is 2. The molecular formula is C26H32F4N4O6S. The zero-order valence-electron chi connectivity index (χ0n) is 22.1. The number of aromatic carboxylic acids is 1. The molecule has 0 amide bonds. The quantitative estimate of drug-likeness (QED) is 0.373. The lowest BCUT2D eigenvalue weighted by Crippen LogP contribution is -2.37. The second kappa shape index (κ2) is 13.9. The largest absolute Gasteiger partial charge is 0.490 e. The van der Waals surface area contributed by atoms with Crippen LogP contribution in [0.25, 0.3) is 0 Å². The molecule has 4 rings (SSSR count). The minimum atomic E-state index is -5.08. The fourth-order valence-corrected chi connectivity index (χ4v) is 5.75. The first-order chi connectivity index (χ1) is 19.3. The minimum absolute atomic E-state index is 0.107. The molecule has 15 heteroatoms. The molecule has 2 aliphatic rings. The summed E-state index contributed by atoms with van der Waals surface area (Å²) in [5.74, 6) is -3.48. The Morgan fingerprint density at radius 2 is 1.59 bits per heavy atom. The van der Waals surface area contributed by atoms with Gasteiger partial charge in [-0.1, -0.05) is 6.42 Å². The molecule has 1 aromatic heterocycles. The van der Waals surface area contributed by atoms with Crippen LogP contribution in [-0.4, -0.2) is 79.4 Å². The summed E-state index contributed by atoms with van der Waals surface area (Å²) in [5.41, 5.74) is -0.00651. The monoisotopic (exact) mass is 604 g/mol. The molecule has 2 aromatic rings. The van der Waals surface area contributed by atoms with Crippen molar-refractivity contribution in [2.75, 3.05) is 42.3 Å². The number of piperidine rings is 2. The number of pyridine rings is 1. The van der Waals surface area contributed by atoms with Gasteiger partial charge in [-0.05, 0) is 88.0 Å². The fraction of sp³-hybridized carbons (Fsp3) is 0.500. The van der Waals surface area contributed by atoms with E-state index in [0.717, 1.165) is 51.0 Å². The van der Waals surface area contributed by atoms with Crippen molar-refractivity contribution in [3.05, 3.63) is 47.9 Å². The van der Waals surface area contributed by atoms with Crippen LogP contribution in [0.3, 0.4) is 0 Å². The Balaban J connectivity index is 0.000000587. The summed E-state index contributed by atoms with van der Waals surface area (Å²) in [4.78, 5) is 29.1. The van der Waals surface area contributed by atoms with E-state index in [1.807, 2.05) is 4.90 Å². The number of hydrogen-bond donors (Lipinski definition) is 3. The first-order valence-corrected chi connectivity index (χ1v) is 14.5. The molecule has 41 heavy (non-hydrogen) atoms. The highest BCUT2D eigenvalue weighted by Gasteiger charge is 2.38. The summed E-state index contributed by atoms with van der Waals surface area (Å²) < 4.78 is 73.2. The van der Waals surface area contributed by atoms with Gasteiger partial charge >= 0.3 is 18.1 Å². The van der Waals surface area contributed by atoms with E-state index >= 15 is 0 Å². The van der Waals surface area contributed by atoms with E-state index in [4.69, 9.17) is 9.90 Å². The number of carboxylic acid groups (broad SMARTS) is 2. The summed E-state index contributed by atoms with van der Waals surface area (Å²) in [5, 5.41) is 16.5. The third-order valence-electron chi connectivity index (χ3n) is 6.94. The Morgan fingerprint density at radius 1 is 1.00 bits per heavy atom. The Bertz CT molecular complexity index is 1290. The Hall–Kier alpha value is -3.46. The highest BCUT2D eigenvalue weighted by Crippen LogP contribution is 2.31. The Labute approximate surface area is 235 Å². The number of alkyl halides is 3. The van der Waals surface area contributed by atoms with Gasteiger partial charge in [0.15, 0.2) is 5.82 Å². The predicted molar refractivity (Wildman–Crippen MR) is 142 cm³/mol. The number of carboxylic acids is 2. The maximum Gasteiger partial charge on any atom is 0.490 e. The number of nitrogens with one attached hydrogen (secondary N) is 1. The van der Waals surface area contributed by atoms with Crippen LogP contribution in [0.15, 0.2) is 41.4 Å². The summed E-state index contributed by atoms with van der Waals surface area (Å²) >= 11 is 0. The number of halogens is 4. The molecule has 0 unspecified atom stereocenters. The van der Waals surface area contributed by atoms with E-state index in [9.17, 15) is 35.9 Å². The van der Waals surface area contributed by atoms with Gasteiger partial charge in [0.2, 0.25) is 0 Å². The lowest BCUT2D eigenvalue weighted by Gasteiger charge is -2.35. The van der Waals surface area contributed by atoms with E-state index in [2.05, 4.69) is 14.6 Å². The van der Waals surface area contributed by atoms with Crippen molar-refractivity contribution in [3.8, 4) is 0 Å². The number of likely N-dealkylation sites (tertiary alicyclic amines) is 1. The second-order valence-electron chi connectivity index (χ2n) is 9.88. The molecule has 2 aliphatic heterocycles. The van der Waals surface area contributed by atoms with Crippen molar-refractivity contribution in [1.82, 2.24) is 9.88 Å². The number of nitrogens with zero attached hydrogens (tertiary/aromatic N) is 3. The number of aliphatic carboxylic acids is 1. The van der Waals surface area contributed by atoms with Crippen LogP contribution in [0, 0.1) is 11.7 Å². The number of sulfonamides is 1. The minimum Gasteiger partial charge on any atom is -0.478 e. The normalized spacial score (nSPS) is 16.9. The van der Waals surface area contributed by atoms with Gasteiger partial charge in [0, 0.05) is 19.3 Å². The molecule has 2 saturated heterocycles. The van der Waals surface area contributed by atoms with Gasteiger partial charge in [0.05, 0.1) is 16.1 Å². The standard InChI is InChI=1S/C24H31FN4O4S.C2HF3O2/c25-20-4-6-21(7-5-20)34(32,33)27-22-16-19(24(30)31)17-26-23(22)29-14-9-18(10-15-29)8-13-28-11-2-1-3-12-28;3-2(4,5)1(6)7/h4-7,16-18,27H,1-3,8-15H2,(H,30,31);(H,6,7). The molecule has 0 spiro atoms. The predicted octanol–water partition coefficient (Wildman–Crippen LogP) is 4.45. The second-order valence-corrected chi connectivity index (χ2v) is 11.6. The van der Waals surface area contributed by atoms with Gasteiger partial charge < -0.3 is 20.0 Å².